The van der Waals surface area contributed by atoms with Gasteiger partial charge in [0.15, 0.2) is 0 Å². The van der Waals surface area contributed by atoms with E-state index in [0.717, 1.165) is 45.0 Å². The molecule has 0 aromatic carbocycles. The number of rotatable bonds is 7. The van der Waals surface area contributed by atoms with E-state index in [1.54, 1.807) is 12.4 Å². The van der Waals surface area contributed by atoms with Gasteiger partial charge in [-0.15, -0.1) is 0 Å². The zero-order valence-corrected chi connectivity index (χ0v) is 12.6. The number of likely N-dealkylation sites (N-methyl/N-ethyl adjacent to an activating group) is 1. The van der Waals surface area contributed by atoms with Gasteiger partial charge in [-0.3, -0.25) is 19.6 Å². The zero-order valence-electron chi connectivity index (χ0n) is 12.6. The first-order valence-electron chi connectivity index (χ1n) is 7.38. The molecule has 0 bridgehead atoms. The van der Waals surface area contributed by atoms with Crippen molar-refractivity contribution in [2.24, 2.45) is 0 Å². The summed E-state index contributed by atoms with van der Waals surface area (Å²) in [5, 5.41) is 2.91. The average molecular weight is 292 g/mol. The van der Waals surface area contributed by atoms with E-state index in [1.165, 1.54) is 0 Å². The Hall–Kier alpha value is -1.50. The second-order valence-electron chi connectivity index (χ2n) is 5.33. The predicted molar refractivity (Wildman–Crippen MR) is 80.8 cm³/mol. The highest BCUT2D eigenvalue weighted by atomic mass is 16.5. The molecule has 1 saturated heterocycles. The van der Waals surface area contributed by atoms with Crippen molar-refractivity contribution in [3.8, 4) is 0 Å². The number of ether oxygens (including phenoxy) is 1. The topological polar surface area (TPSA) is 57.7 Å². The molecule has 2 heterocycles. The van der Waals surface area contributed by atoms with Crippen molar-refractivity contribution in [1.82, 2.24) is 20.1 Å². The monoisotopic (exact) mass is 292 g/mol. The number of carbonyl (C=O) groups is 1. The quantitative estimate of drug-likeness (QED) is 0.764. The van der Waals surface area contributed by atoms with Gasteiger partial charge in [-0.1, -0.05) is 6.07 Å². The van der Waals surface area contributed by atoms with Crippen LogP contribution in [-0.2, 0) is 16.1 Å². The minimum atomic E-state index is 0.0448. The summed E-state index contributed by atoms with van der Waals surface area (Å²) in [5.41, 5.74) is 1.02. The van der Waals surface area contributed by atoms with E-state index in [1.807, 2.05) is 24.1 Å². The maximum absolute atomic E-state index is 11.9. The summed E-state index contributed by atoms with van der Waals surface area (Å²) in [6.45, 7) is 6.43. The average Bonchev–Trinajstić information content (AvgIpc) is 2.53. The van der Waals surface area contributed by atoms with Crippen molar-refractivity contribution in [3.63, 3.8) is 0 Å². The van der Waals surface area contributed by atoms with Crippen LogP contribution in [-0.4, -0.2) is 73.7 Å². The van der Waals surface area contributed by atoms with Crippen LogP contribution in [0.2, 0.25) is 0 Å². The molecule has 6 heteroatoms. The van der Waals surface area contributed by atoms with Crippen LogP contribution in [0.5, 0.6) is 0 Å². The lowest BCUT2D eigenvalue weighted by Crippen LogP contribution is -2.42. The number of nitrogens with zero attached hydrogens (tertiary/aromatic N) is 3. The molecule has 1 aliphatic rings. The molecule has 1 amide bonds. The van der Waals surface area contributed by atoms with Gasteiger partial charge in [0.1, 0.15) is 0 Å². The summed E-state index contributed by atoms with van der Waals surface area (Å²) in [6, 6.07) is 3.82. The van der Waals surface area contributed by atoms with Gasteiger partial charge in [0.2, 0.25) is 5.91 Å². The molecule has 0 saturated carbocycles. The highest BCUT2D eigenvalue weighted by Crippen LogP contribution is 1.97. The Labute approximate surface area is 126 Å². The lowest BCUT2D eigenvalue weighted by atomic mass is 10.3. The molecule has 2 rings (SSSR count). The van der Waals surface area contributed by atoms with Crippen LogP contribution >= 0.6 is 0 Å². The van der Waals surface area contributed by atoms with Gasteiger partial charge in [-0.05, 0) is 18.7 Å². The Morgan fingerprint density at radius 1 is 1.48 bits per heavy atom. The largest absolute Gasteiger partial charge is 0.379 e. The lowest BCUT2D eigenvalue weighted by molar-refractivity contribution is -0.122. The Morgan fingerprint density at radius 3 is 3.00 bits per heavy atom. The molecule has 1 fully saturated rings. The molecule has 116 valence electrons. The van der Waals surface area contributed by atoms with Crippen molar-refractivity contribution in [2.45, 2.75) is 6.54 Å². The normalized spacial score (nSPS) is 16.1. The first-order chi connectivity index (χ1) is 10.2. The number of morpholine rings is 1. The van der Waals surface area contributed by atoms with E-state index in [2.05, 4.69) is 15.2 Å². The molecule has 6 nitrogen and oxygen atoms in total. The summed E-state index contributed by atoms with van der Waals surface area (Å²) in [4.78, 5) is 20.3. The molecule has 21 heavy (non-hydrogen) atoms. The fraction of sp³-hybridized carbons (Fsp3) is 0.600. The zero-order chi connectivity index (χ0) is 14.9. The van der Waals surface area contributed by atoms with Gasteiger partial charge in [0.25, 0.3) is 0 Å². The Morgan fingerprint density at radius 2 is 2.29 bits per heavy atom. The molecule has 1 N–H and O–H groups in total. The molecule has 0 spiro atoms. The predicted octanol–water partition coefficient (Wildman–Crippen LogP) is -0.0382. The highest BCUT2D eigenvalue weighted by Gasteiger charge is 2.12. The number of aromatic nitrogens is 1. The molecule has 1 aliphatic heterocycles. The number of amides is 1. The minimum Gasteiger partial charge on any atom is -0.379 e. The van der Waals surface area contributed by atoms with E-state index < -0.39 is 0 Å². The van der Waals surface area contributed by atoms with Crippen molar-refractivity contribution in [3.05, 3.63) is 30.1 Å². The van der Waals surface area contributed by atoms with Crippen molar-refractivity contribution in [2.75, 3.05) is 53.0 Å². The standard InChI is InChI=1S/C15H24N4O2/c1-18(5-6-19-7-9-21-10-8-19)13-15(20)17-12-14-3-2-4-16-11-14/h2-4,11H,5-10,12-13H2,1H3,(H,17,20). The number of hydrogen-bond acceptors (Lipinski definition) is 5. The Balaban J connectivity index is 1.60. The van der Waals surface area contributed by atoms with Gasteiger partial charge >= 0.3 is 0 Å². The number of hydrogen-bond donors (Lipinski definition) is 1. The van der Waals surface area contributed by atoms with E-state index in [-0.39, 0.29) is 5.91 Å². The number of pyridine rings is 1. The Bertz CT molecular complexity index is 421. The second-order valence-corrected chi connectivity index (χ2v) is 5.33. The van der Waals surface area contributed by atoms with E-state index in [9.17, 15) is 4.79 Å². The van der Waals surface area contributed by atoms with Gasteiger partial charge in [0.05, 0.1) is 19.8 Å². The summed E-state index contributed by atoms with van der Waals surface area (Å²) in [6.07, 6.45) is 3.49. The van der Waals surface area contributed by atoms with Crippen molar-refractivity contribution < 1.29 is 9.53 Å². The van der Waals surface area contributed by atoms with Gasteiger partial charge in [0, 0.05) is 45.1 Å². The van der Waals surface area contributed by atoms with Crippen LogP contribution in [0.25, 0.3) is 0 Å². The van der Waals surface area contributed by atoms with Crippen LogP contribution in [0.15, 0.2) is 24.5 Å². The van der Waals surface area contributed by atoms with Crippen molar-refractivity contribution >= 4 is 5.91 Å². The maximum Gasteiger partial charge on any atom is 0.234 e. The third kappa shape index (κ3) is 6.20. The summed E-state index contributed by atoms with van der Waals surface area (Å²) >= 11 is 0. The van der Waals surface area contributed by atoms with Crippen LogP contribution in [0.3, 0.4) is 0 Å². The molecular weight excluding hydrogens is 268 g/mol. The minimum absolute atomic E-state index is 0.0448. The van der Waals surface area contributed by atoms with Crippen LogP contribution in [0.1, 0.15) is 5.56 Å². The smallest absolute Gasteiger partial charge is 0.234 e. The van der Waals surface area contributed by atoms with Crippen molar-refractivity contribution in [1.29, 1.82) is 0 Å². The lowest BCUT2D eigenvalue weighted by Gasteiger charge is -2.28. The second kappa shape index (κ2) is 8.71. The first kappa shape index (κ1) is 15.9. The SMILES string of the molecule is CN(CCN1CCOCC1)CC(=O)NCc1cccnc1. The van der Waals surface area contributed by atoms with E-state index >= 15 is 0 Å². The molecule has 0 aliphatic carbocycles. The van der Waals surface area contributed by atoms with Crippen LogP contribution in [0.4, 0.5) is 0 Å². The number of carbonyl (C=O) groups excluding carboxylic acids is 1. The third-order valence-electron chi connectivity index (χ3n) is 3.53. The summed E-state index contributed by atoms with van der Waals surface area (Å²) < 4.78 is 5.32. The van der Waals surface area contributed by atoms with Gasteiger partial charge < -0.3 is 10.1 Å². The molecular formula is C15H24N4O2. The first-order valence-corrected chi connectivity index (χ1v) is 7.38. The summed E-state index contributed by atoms with van der Waals surface area (Å²) in [5.74, 6) is 0.0448. The maximum atomic E-state index is 11.9. The fourth-order valence-corrected chi connectivity index (χ4v) is 2.22. The van der Waals surface area contributed by atoms with Crippen LogP contribution < -0.4 is 5.32 Å². The fourth-order valence-electron chi connectivity index (χ4n) is 2.22. The van der Waals surface area contributed by atoms with E-state index in [0.29, 0.717) is 13.1 Å². The van der Waals surface area contributed by atoms with Gasteiger partial charge in [-0.25, -0.2) is 0 Å². The number of nitrogens with one attached hydrogen (secondary N) is 1. The molecule has 0 unspecified atom stereocenters. The molecule has 0 radical (unpaired) electrons. The third-order valence-corrected chi connectivity index (χ3v) is 3.53. The Kier molecular flexibility index (Phi) is 6.59. The summed E-state index contributed by atoms with van der Waals surface area (Å²) in [7, 11) is 1.98. The molecule has 0 atom stereocenters. The highest BCUT2D eigenvalue weighted by molar-refractivity contribution is 5.77. The van der Waals surface area contributed by atoms with Gasteiger partial charge in [-0.2, -0.15) is 0 Å². The molecule has 1 aromatic heterocycles. The molecule has 1 aromatic rings. The van der Waals surface area contributed by atoms with Crippen LogP contribution in [0, 0.1) is 0 Å². The van der Waals surface area contributed by atoms with E-state index in [4.69, 9.17) is 4.74 Å².